The van der Waals surface area contributed by atoms with E-state index >= 15 is 0 Å². The van der Waals surface area contributed by atoms with E-state index in [9.17, 15) is 27.2 Å². The second-order valence-electron chi connectivity index (χ2n) is 11.4. The molecule has 0 saturated heterocycles. The Kier molecular flexibility index (Phi) is 7.45. The zero-order chi connectivity index (χ0) is 30.5. The first kappa shape index (κ1) is 29.2. The lowest BCUT2D eigenvalue weighted by molar-refractivity contribution is -0.286. The second kappa shape index (κ2) is 11.0. The van der Waals surface area contributed by atoms with Crippen molar-refractivity contribution in [3.8, 4) is 28.7 Å². The van der Waals surface area contributed by atoms with Crippen molar-refractivity contribution in [1.29, 1.82) is 0 Å². The van der Waals surface area contributed by atoms with E-state index in [0.717, 1.165) is 0 Å². The third-order valence-corrected chi connectivity index (χ3v) is 8.67. The van der Waals surface area contributed by atoms with E-state index in [1.54, 1.807) is 19.9 Å². The van der Waals surface area contributed by atoms with Gasteiger partial charge in [0.25, 0.3) is 0 Å². The van der Waals surface area contributed by atoms with Crippen LogP contribution in [0, 0.1) is 11.8 Å². The summed E-state index contributed by atoms with van der Waals surface area (Å²) in [6, 6.07) is 6.38. The number of nitrogens with one attached hydrogen (secondary N) is 1. The Bertz CT molecular complexity index is 1410. The molecule has 6 rings (SSSR count). The predicted molar refractivity (Wildman–Crippen MR) is 141 cm³/mol. The van der Waals surface area contributed by atoms with Crippen LogP contribution in [0.25, 0.3) is 0 Å². The Balaban J connectivity index is 1.24. The summed E-state index contributed by atoms with van der Waals surface area (Å²) in [4.78, 5) is 26.1. The fraction of sp³-hybridized carbons (Fsp3) is 0.533. The molecule has 232 valence electrons. The lowest BCUT2D eigenvalue weighted by Crippen LogP contribution is -2.47. The molecular weight excluding hydrogens is 578 g/mol. The predicted octanol–water partition coefficient (Wildman–Crippen LogP) is 5.64. The zero-order valence-electron chi connectivity index (χ0n) is 23.5. The highest BCUT2D eigenvalue weighted by Crippen LogP contribution is 2.50. The molecule has 0 spiro atoms. The molecule has 2 aromatic carbocycles. The molecule has 1 aliphatic carbocycles. The summed E-state index contributed by atoms with van der Waals surface area (Å²) in [5.74, 6) is -0.702. The van der Waals surface area contributed by atoms with Gasteiger partial charge in [0.1, 0.15) is 35.4 Å². The highest BCUT2D eigenvalue weighted by molar-refractivity contribution is 5.90. The minimum atomic E-state index is -3.82. The first-order valence-electron chi connectivity index (χ1n) is 14.3. The van der Waals surface area contributed by atoms with Crippen LogP contribution in [0.4, 0.5) is 17.6 Å². The van der Waals surface area contributed by atoms with Gasteiger partial charge in [-0.1, -0.05) is 0 Å². The van der Waals surface area contributed by atoms with E-state index in [2.05, 4.69) is 19.5 Å². The van der Waals surface area contributed by atoms with E-state index in [1.807, 2.05) is 0 Å². The molecule has 1 saturated carbocycles. The Morgan fingerprint density at radius 1 is 1.02 bits per heavy atom. The molecule has 4 aliphatic rings. The third-order valence-electron chi connectivity index (χ3n) is 8.67. The van der Waals surface area contributed by atoms with Crippen molar-refractivity contribution in [2.24, 2.45) is 11.8 Å². The lowest BCUT2D eigenvalue weighted by atomic mass is 9.76. The summed E-state index contributed by atoms with van der Waals surface area (Å²) in [6.07, 6.45) is -1.17. The van der Waals surface area contributed by atoms with Crippen molar-refractivity contribution in [2.45, 2.75) is 76.4 Å². The summed E-state index contributed by atoms with van der Waals surface area (Å²) < 4.78 is 84.1. The average molecular weight is 610 g/mol. The summed E-state index contributed by atoms with van der Waals surface area (Å²) in [6.45, 7) is 0.648. The number of amides is 1. The summed E-state index contributed by atoms with van der Waals surface area (Å²) in [5.41, 5.74) is -0.304. The Morgan fingerprint density at radius 2 is 1.74 bits per heavy atom. The number of carbonyl (C=O) groups excluding carboxylic acids is 2. The minimum absolute atomic E-state index is 0.0467. The van der Waals surface area contributed by atoms with Crippen LogP contribution in [0.3, 0.4) is 0 Å². The Morgan fingerprint density at radius 3 is 2.44 bits per heavy atom. The van der Waals surface area contributed by atoms with Crippen LogP contribution in [0.2, 0.25) is 0 Å². The zero-order valence-corrected chi connectivity index (χ0v) is 23.5. The van der Waals surface area contributed by atoms with Gasteiger partial charge in [-0.2, -0.15) is 8.78 Å². The molecule has 3 heterocycles. The van der Waals surface area contributed by atoms with Crippen molar-refractivity contribution in [1.82, 2.24) is 5.32 Å². The lowest BCUT2D eigenvalue weighted by Gasteiger charge is -2.40. The number of halogens is 4. The van der Waals surface area contributed by atoms with Crippen LogP contribution in [0.5, 0.6) is 28.7 Å². The molecule has 13 heteroatoms. The molecule has 2 aromatic rings. The van der Waals surface area contributed by atoms with E-state index in [4.69, 9.17) is 14.2 Å². The SMILES string of the molecule is CCOC(=O)[C@H]1CC[C@@H]([C@H]2C[C@@H](NC(=O)[C@@]3(C)COc4cc5c(cc43)OC(F)(F)O5)c3ccc(OC(F)F)cc3O2)CC1. The number of fused-ring (bicyclic) bond motifs is 3. The van der Waals surface area contributed by atoms with Gasteiger partial charge in [0, 0.05) is 29.7 Å². The number of hydrogen-bond acceptors (Lipinski definition) is 8. The molecule has 0 unspecified atom stereocenters. The van der Waals surface area contributed by atoms with Gasteiger partial charge in [-0.3, -0.25) is 9.59 Å². The molecule has 1 amide bonds. The maximum atomic E-state index is 13.9. The Hall–Kier alpha value is -3.90. The van der Waals surface area contributed by atoms with Crippen molar-refractivity contribution >= 4 is 11.9 Å². The topological polar surface area (TPSA) is 102 Å². The van der Waals surface area contributed by atoms with Crippen molar-refractivity contribution in [2.75, 3.05) is 13.2 Å². The quantitative estimate of drug-likeness (QED) is 0.318. The molecule has 1 N–H and O–H groups in total. The van der Waals surface area contributed by atoms with Crippen LogP contribution in [0.1, 0.15) is 63.1 Å². The number of ether oxygens (including phenoxy) is 6. The van der Waals surface area contributed by atoms with Crippen LogP contribution in [-0.4, -0.2) is 44.1 Å². The van der Waals surface area contributed by atoms with E-state index in [-0.39, 0.29) is 53.5 Å². The monoisotopic (exact) mass is 609 g/mol. The third kappa shape index (κ3) is 5.61. The van der Waals surface area contributed by atoms with Crippen LogP contribution in [0.15, 0.2) is 30.3 Å². The van der Waals surface area contributed by atoms with Crippen LogP contribution in [-0.2, 0) is 19.7 Å². The number of rotatable bonds is 7. The van der Waals surface area contributed by atoms with Gasteiger partial charge >= 0.3 is 18.9 Å². The van der Waals surface area contributed by atoms with Gasteiger partial charge < -0.3 is 33.7 Å². The first-order valence-corrected chi connectivity index (χ1v) is 14.3. The van der Waals surface area contributed by atoms with E-state index in [0.29, 0.717) is 55.6 Å². The molecule has 0 bridgehead atoms. The average Bonchev–Trinajstić information content (AvgIpc) is 3.45. The molecule has 9 nitrogen and oxygen atoms in total. The molecule has 0 radical (unpaired) electrons. The van der Waals surface area contributed by atoms with Gasteiger partial charge in [0.2, 0.25) is 5.91 Å². The van der Waals surface area contributed by atoms with Crippen LogP contribution >= 0.6 is 0 Å². The van der Waals surface area contributed by atoms with Crippen molar-refractivity contribution in [3.63, 3.8) is 0 Å². The summed E-state index contributed by atoms with van der Waals surface area (Å²) >= 11 is 0. The normalized spacial score (nSPS) is 28.3. The van der Waals surface area contributed by atoms with Gasteiger partial charge in [0.05, 0.1) is 18.6 Å². The standard InChI is InChI=1S/C30H31F4NO8/c1-3-38-26(36)16-6-4-15(5-7-16)21-12-20(18-9-8-17(40-28(31)32)10-22(18)41-21)35-27(37)29(2)14-39-23-13-25-24(11-19(23)29)42-30(33,34)43-25/h8-11,13,15-16,20-21,28H,3-7,12,14H2,1-2H3,(H,35,37)/t15-,16+,20-,21-,29+/m1/s1. The van der Waals surface area contributed by atoms with Gasteiger partial charge in [0.15, 0.2) is 11.5 Å². The number of alkyl halides is 4. The van der Waals surface area contributed by atoms with Crippen LogP contribution < -0.4 is 29.0 Å². The molecule has 0 aromatic heterocycles. The van der Waals surface area contributed by atoms with E-state index < -0.39 is 30.3 Å². The number of hydrogen-bond donors (Lipinski definition) is 1. The first-order chi connectivity index (χ1) is 20.5. The summed E-state index contributed by atoms with van der Waals surface area (Å²) in [5, 5.41) is 3.07. The molecule has 3 aliphatic heterocycles. The highest BCUT2D eigenvalue weighted by atomic mass is 19.3. The number of esters is 1. The fourth-order valence-corrected chi connectivity index (χ4v) is 6.40. The Labute approximate surface area is 244 Å². The van der Waals surface area contributed by atoms with E-state index in [1.165, 1.54) is 24.3 Å². The molecule has 3 atom stereocenters. The highest BCUT2D eigenvalue weighted by Gasteiger charge is 2.49. The molecule has 43 heavy (non-hydrogen) atoms. The van der Waals surface area contributed by atoms with Crippen molar-refractivity contribution in [3.05, 3.63) is 41.5 Å². The summed E-state index contributed by atoms with van der Waals surface area (Å²) in [7, 11) is 0. The fourth-order valence-electron chi connectivity index (χ4n) is 6.40. The smallest absolute Gasteiger partial charge is 0.492 e. The maximum Gasteiger partial charge on any atom is 0.586 e. The molecule has 1 fully saturated rings. The van der Waals surface area contributed by atoms with Gasteiger partial charge in [-0.15, -0.1) is 8.78 Å². The van der Waals surface area contributed by atoms with Gasteiger partial charge in [-0.25, -0.2) is 0 Å². The minimum Gasteiger partial charge on any atom is -0.492 e. The number of carbonyl (C=O) groups is 2. The molecular formula is C30H31F4NO8. The number of benzene rings is 2. The van der Waals surface area contributed by atoms with Crippen molar-refractivity contribution < 1.29 is 55.6 Å². The second-order valence-corrected chi connectivity index (χ2v) is 11.4. The maximum absolute atomic E-state index is 13.9. The largest absolute Gasteiger partial charge is 0.586 e. The van der Waals surface area contributed by atoms with Gasteiger partial charge in [-0.05, 0) is 63.6 Å².